The minimum Gasteiger partial charge on any atom is -0.451 e. The summed E-state index contributed by atoms with van der Waals surface area (Å²) in [6.45, 7) is 5.96. The van der Waals surface area contributed by atoms with Crippen LogP contribution in [0.2, 0.25) is 0 Å². The molecule has 0 unspecified atom stereocenters. The minimum atomic E-state index is -0.864. The first-order chi connectivity index (χ1) is 16.0. The molecule has 6 heteroatoms. The predicted octanol–water partition coefficient (Wildman–Crippen LogP) is 4.13. The van der Waals surface area contributed by atoms with Gasteiger partial charge in [-0.25, -0.2) is 0 Å². The van der Waals surface area contributed by atoms with Crippen LogP contribution in [0.3, 0.4) is 0 Å². The van der Waals surface area contributed by atoms with Crippen LogP contribution in [0.4, 0.5) is 0 Å². The zero-order valence-electron chi connectivity index (χ0n) is 19.2. The van der Waals surface area contributed by atoms with E-state index in [0.29, 0.717) is 30.7 Å². The number of aryl methyl sites for hydroxylation is 1. The van der Waals surface area contributed by atoms with Gasteiger partial charge in [-0.3, -0.25) is 9.69 Å². The van der Waals surface area contributed by atoms with Crippen LogP contribution in [0.5, 0.6) is 0 Å². The monoisotopic (exact) mass is 448 g/mol. The third-order valence-corrected chi connectivity index (χ3v) is 6.96. The Morgan fingerprint density at radius 1 is 1.18 bits per heavy atom. The van der Waals surface area contributed by atoms with E-state index in [4.69, 9.17) is 9.15 Å². The first-order valence-corrected chi connectivity index (χ1v) is 11.9. The van der Waals surface area contributed by atoms with E-state index in [1.54, 1.807) is 6.07 Å². The molecule has 0 saturated carbocycles. The average Bonchev–Trinajstić information content (AvgIpc) is 3.48. The van der Waals surface area contributed by atoms with Crippen molar-refractivity contribution in [2.24, 2.45) is 0 Å². The van der Waals surface area contributed by atoms with Crippen LogP contribution >= 0.6 is 0 Å². The van der Waals surface area contributed by atoms with E-state index in [1.807, 2.05) is 18.2 Å². The highest BCUT2D eigenvalue weighted by Gasteiger charge is 2.34. The number of hydrogen-bond donors (Lipinski definition) is 2. The van der Waals surface area contributed by atoms with Gasteiger partial charge in [0, 0.05) is 38.2 Å². The summed E-state index contributed by atoms with van der Waals surface area (Å²) in [6.07, 6.45) is 3.47. The summed E-state index contributed by atoms with van der Waals surface area (Å²) in [6, 6.07) is 16.1. The van der Waals surface area contributed by atoms with E-state index in [0.717, 1.165) is 50.0 Å². The maximum absolute atomic E-state index is 12.5. The second-order valence-electron chi connectivity index (χ2n) is 9.51. The number of fused-ring (bicyclic) bond motifs is 1. The van der Waals surface area contributed by atoms with E-state index >= 15 is 0 Å². The number of hydrogen-bond acceptors (Lipinski definition) is 5. The van der Waals surface area contributed by atoms with Crippen LogP contribution in [0.15, 0.2) is 52.9 Å². The predicted molar refractivity (Wildman–Crippen MR) is 127 cm³/mol. The normalized spacial score (nSPS) is 20.8. The summed E-state index contributed by atoms with van der Waals surface area (Å²) in [5.41, 5.74) is 3.26. The molecular formula is C27H32N2O4. The molecule has 1 atom stereocenters. The molecule has 2 saturated heterocycles. The zero-order valence-corrected chi connectivity index (χ0v) is 19.2. The lowest BCUT2D eigenvalue weighted by Gasteiger charge is -2.38. The first-order valence-electron chi connectivity index (χ1n) is 11.9. The maximum Gasteiger partial charge on any atom is 0.287 e. The zero-order chi connectivity index (χ0) is 22.8. The van der Waals surface area contributed by atoms with Crippen LogP contribution in [0.25, 0.3) is 11.0 Å². The fraction of sp³-hybridized carbons (Fsp3) is 0.444. The quantitative estimate of drug-likeness (QED) is 0.593. The van der Waals surface area contributed by atoms with Gasteiger partial charge in [0.05, 0.1) is 11.7 Å². The lowest BCUT2D eigenvalue weighted by molar-refractivity contribution is -0.0276. The van der Waals surface area contributed by atoms with Crippen molar-refractivity contribution in [1.82, 2.24) is 10.2 Å². The van der Waals surface area contributed by atoms with Gasteiger partial charge in [-0.15, -0.1) is 0 Å². The Labute approximate surface area is 194 Å². The van der Waals surface area contributed by atoms with Gasteiger partial charge in [-0.1, -0.05) is 35.9 Å². The molecule has 33 heavy (non-hydrogen) atoms. The van der Waals surface area contributed by atoms with Gasteiger partial charge in [0.1, 0.15) is 5.58 Å². The number of carbonyl (C=O) groups is 1. The molecule has 2 fully saturated rings. The molecule has 174 valence electrons. The highest BCUT2D eigenvalue weighted by Crippen LogP contribution is 2.35. The van der Waals surface area contributed by atoms with Crippen LogP contribution in [-0.2, 0) is 16.9 Å². The van der Waals surface area contributed by atoms with Gasteiger partial charge >= 0.3 is 0 Å². The van der Waals surface area contributed by atoms with Crippen molar-refractivity contribution in [3.63, 3.8) is 0 Å². The number of likely N-dealkylation sites (tertiary alicyclic amines) is 1. The first kappa shape index (κ1) is 22.1. The number of nitrogens with one attached hydrogen (secondary N) is 1. The number of ether oxygens (including phenoxy) is 1. The van der Waals surface area contributed by atoms with Crippen molar-refractivity contribution in [1.29, 1.82) is 0 Å². The molecule has 0 aliphatic carbocycles. The van der Waals surface area contributed by atoms with Gasteiger partial charge in [0.25, 0.3) is 5.91 Å². The molecule has 5 rings (SSSR count). The topological polar surface area (TPSA) is 74.9 Å². The SMILES string of the molecule is Cc1cccc(CN2CCC(O)(c3ccc4oc(C(=O)NC[C@@H]5CCCO5)cc4c3)CC2)c1. The van der Waals surface area contributed by atoms with Crippen molar-refractivity contribution in [3.05, 3.63) is 71.0 Å². The molecule has 0 spiro atoms. The third kappa shape index (κ3) is 4.98. The van der Waals surface area contributed by atoms with Gasteiger partial charge in [0.15, 0.2) is 5.76 Å². The number of rotatable bonds is 6. The summed E-state index contributed by atoms with van der Waals surface area (Å²) in [7, 11) is 0. The molecule has 0 bridgehead atoms. The smallest absolute Gasteiger partial charge is 0.287 e. The van der Waals surface area contributed by atoms with E-state index in [2.05, 4.69) is 41.4 Å². The second kappa shape index (κ2) is 9.29. The molecule has 3 aromatic rings. The summed E-state index contributed by atoms with van der Waals surface area (Å²) >= 11 is 0. The number of aliphatic hydroxyl groups is 1. The summed E-state index contributed by atoms with van der Waals surface area (Å²) in [5.74, 6) is 0.0616. The van der Waals surface area contributed by atoms with Crippen molar-refractivity contribution in [3.8, 4) is 0 Å². The molecule has 2 aromatic carbocycles. The van der Waals surface area contributed by atoms with E-state index < -0.39 is 5.60 Å². The van der Waals surface area contributed by atoms with Crippen LogP contribution in [0.1, 0.15) is 52.9 Å². The summed E-state index contributed by atoms with van der Waals surface area (Å²) < 4.78 is 11.3. The van der Waals surface area contributed by atoms with Gasteiger partial charge < -0.3 is 19.6 Å². The molecular weight excluding hydrogens is 416 g/mol. The number of benzene rings is 2. The van der Waals surface area contributed by atoms with Gasteiger partial charge in [0.2, 0.25) is 0 Å². The molecule has 0 radical (unpaired) electrons. The fourth-order valence-corrected chi connectivity index (χ4v) is 4.98. The maximum atomic E-state index is 12.5. The van der Waals surface area contributed by atoms with Crippen LogP contribution in [-0.4, -0.2) is 48.3 Å². The van der Waals surface area contributed by atoms with Crippen molar-refractivity contribution in [2.75, 3.05) is 26.2 Å². The lowest BCUT2D eigenvalue weighted by atomic mass is 9.84. The largest absolute Gasteiger partial charge is 0.451 e. The van der Waals surface area contributed by atoms with Crippen molar-refractivity contribution < 1.29 is 19.1 Å². The fourth-order valence-electron chi connectivity index (χ4n) is 4.98. The number of piperidine rings is 1. The van der Waals surface area contributed by atoms with Crippen molar-refractivity contribution in [2.45, 2.75) is 50.9 Å². The third-order valence-electron chi connectivity index (χ3n) is 6.96. The molecule has 1 aromatic heterocycles. The minimum absolute atomic E-state index is 0.0935. The Balaban J connectivity index is 1.23. The molecule has 3 heterocycles. The molecule has 2 aliphatic heterocycles. The Morgan fingerprint density at radius 3 is 2.79 bits per heavy atom. The van der Waals surface area contributed by atoms with Crippen molar-refractivity contribution >= 4 is 16.9 Å². The Hall–Kier alpha value is -2.67. The van der Waals surface area contributed by atoms with E-state index in [-0.39, 0.29) is 12.0 Å². The van der Waals surface area contributed by atoms with E-state index in [9.17, 15) is 9.90 Å². The standard InChI is InChI=1S/C27H32N2O4/c1-19-4-2-5-20(14-19)18-29-11-9-27(31,10-12-29)22-7-8-24-21(15-22)16-25(33-24)26(30)28-17-23-6-3-13-32-23/h2,4-5,7-8,14-16,23,31H,3,6,9-13,17-18H2,1H3,(H,28,30)/t23-/m0/s1. The number of nitrogens with zero attached hydrogens (tertiary/aromatic N) is 1. The number of amides is 1. The number of furan rings is 1. The highest BCUT2D eigenvalue weighted by molar-refractivity contribution is 5.96. The Bertz CT molecular complexity index is 1120. The summed E-state index contributed by atoms with van der Waals surface area (Å²) in [5, 5.41) is 15.1. The molecule has 2 aliphatic rings. The van der Waals surface area contributed by atoms with Gasteiger partial charge in [-0.05, 0) is 61.9 Å². The van der Waals surface area contributed by atoms with Crippen LogP contribution in [0, 0.1) is 6.92 Å². The van der Waals surface area contributed by atoms with Crippen LogP contribution < -0.4 is 5.32 Å². The highest BCUT2D eigenvalue weighted by atomic mass is 16.5. The lowest BCUT2D eigenvalue weighted by Crippen LogP contribution is -2.42. The second-order valence-corrected chi connectivity index (χ2v) is 9.51. The van der Waals surface area contributed by atoms with Gasteiger partial charge in [-0.2, -0.15) is 0 Å². The van der Waals surface area contributed by atoms with E-state index in [1.165, 1.54) is 11.1 Å². The Morgan fingerprint density at radius 2 is 2.03 bits per heavy atom. The number of carbonyl (C=O) groups excluding carboxylic acids is 1. The molecule has 6 nitrogen and oxygen atoms in total. The average molecular weight is 449 g/mol. The summed E-state index contributed by atoms with van der Waals surface area (Å²) in [4.78, 5) is 14.9. The Kier molecular flexibility index (Phi) is 6.23. The molecule has 2 N–H and O–H groups in total. The molecule has 1 amide bonds.